The number of benzene rings is 1. The van der Waals surface area contributed by atoms with Gasteiger partial charge in [0, 0.05) is 5.56 Å². The Morgan fingerprint density at radius 1 is 1.39 bits per heavy atom. The maximum atomic E-state index is 12.7. The summed E-state index contributed by atoms with van der Waals surface area (Å²) in [4.78, 5) is 0. The van der Waals surface area contributed by atoms with Crippen LogP contribution in [-0.2, 0) is 0 Å². The molecular formula is C12H8F3NO2. The van der Waals surface area contributed by atoms with E-state index in [0.717, 1.165) is 0 Å². The van der Waals surface area contributed by atoms with Gasteiger partial charge in [-0.25, -0.2) is 0 Å². The first-order valence-corrected chi connectivity index (χ1v) is 4.99. The Balaban J connectivity index is 2.47. The fraction of sp³-hybridized carbons (Fsp3) is 0.250. The highest BCUT2D eigenvalue weighted by Crippen LogP contribution is 2.38. The summed E-state index contributed by atoms with van der Waals surface area (Å²) in [6.07, 6.45) is -5.65. The van der Waals surface area contributed by atoms with Crippen molar-refractivity contribution in [1.82, 2.24) is 0 Å². The molecule has 0 aliphatic carbocycles. The Labute approximate surface area is 101 Å². The Bertz CT molecular complexity index is 543. The van der Waals surface area contributed by atoms with E-state index in [1.807, 2.05) is 0 Å². The average Bonchev–Trinajstić information content (AvgIpc) is 2.35. The molecule has 0 radical (unpaired) electrons. The first-order chi connectivity index (χ1) is 8.45. The van der Waals surface area contributed by atoms with E-state index in [1.165, 1.54) is 37.5 Å². The van der Waals surface area contributed by atoms with Gasteiger partial charge in [-0.1, -0.05) is 0 Å². The lowest BCUT2D eigenvalue weighted by Gasteiger charge is -2.26. The molecule has 1 aliphatic rings. The van der Waals surface area contributed by atoms with Crippen molar-refractivity contribution in [2.75, 3.05) is 7.11 Å². The predicted octanol–water partition coefficient (Wildman–Crippen LogP) is 2.93. The number of nitriles is 1. The van der Waals surface area contributed by atoms with Crippen molar-refractivity contribution in [3.05, 3.63) is 29.3 Å². The third kappa shape index (κ3) is 2.12. The van der Waals surface area contributed by atoms with Crippen molar-refractivity contribution in [3.8, 4) is 17.6 Å². The number of rotatable bonds is 1. The standard InChI is InChI=1S/C12H8F3NO2/c1-17-9-2-3-10-7(5-9)4-8(6-16)11(18-10)12(13,14)15/h2-5,11H,1H3/t11-/m0/s1. The Hall–Kier alpha value is -2.16. The zero-order valence-electron chi connectivity index (χ0n) is 9.28. The van der Waals surface area contributed by atoms with Crippen molar-refractivity contribution in [2.24, 2.45) is 0 Å². The smallest absolute Gasteiger partial charge is 0.430 e. The molecule has 0 saturated carbocycles. The first-order valence-electron chi connectivity index (χ1n) is 4.99. The lowest BCUT2D eigenvalue weighted by Crippen LogP contribution is -2.37. The highest BCUT2D eigenvalue weighted by Gasteiger charge is 2.46. The van der Waals surface area contributed by atoms with Crippen LogP contribution in [0.25, 0.3) is 6.08 Å². The Kier molecular flexibility index (Phi) is 2.91. The van der Waals surface area contributed by atoms with Crippen LogP contribution in [0.3, 0.4) is 0 Å². The number of fused-ring (bicyclic) bond motifs is 1. The molecule has 2 rings (SSSR count). The second kappa shape index (κ2) is 4.26. The van der Waals surface area contributed by atoms with Crippen molar-refractivity contribution >= 4 is 6.08 Å². The van der Waals surface area contributed by atoms with E-state index < -0.39 is 17.9 Å². The van der Waals surface area contributed by atoms with Gasteiger partial charge in [-0.3, -0.25) is 0 Å². The van der Waals surface area contributed by atoms with E-state index >= 15 is 0 Å². The van der Waals surface area contributed by atoms with Crippen LogP contribution in [0.1, 0.15) is 5.56 Å². The zero-order chi connectivity index (χ0) is 13.3. The van der Waals surface area contributed by atoms with Gasteiger partial charge in [0.1, 0.15) is 11.5 Å². The molecule has 0 unspecified atom stereocenters. The van der Waals surface area contributed by atoms with Crippen LogP contribution in [0, 0.1) is 11.3 Å². The van der Waals surface area contributed by atoms with Gasteiger partial charge in [-0.15, -0.1) is 0 Å². The maximum absolute atomic E-state index is 12.7. The third-order valence-corrected chi connectivity index (χ3v) is 2.48. The number of hydrogen-bond acceptors (Lipinski definition) is 3. The molecule has 18 heavy (non-hydrogen) atoms. The van der Waals surface area contributed by atoms with E-state index in [0.29, 0.717) is 11.3 Å². The van der Waals surface area contributed by atoms with E-state index in [4.69, 9.17) is 14.7 Å². The molecule has 1 heterocycles. The van der Waals surface area contributed by atoms with Gasteiger partial charge < -0.3 is 9.47 Å². The minimum atomic E-state index is -4.61. The molecule has 0 fully saturated rings. The van der Waals surface area contributed by atoms with Gasteiger partial charge in [-0.2, -0.15) is 18.4 Å². The SMILES string of the molecule is COc1ccc2c(c1)C=C(C#N)[C@@H](C(F)(F)F)O2. The van der Waals surface area contributed by atoms with Crippen LogP contribution in [-0.4, -0.2) is 19.4 Å². The number of halogens is 3. The normalized spacial score (nSPS) is 18.2. The van der Waals surface area contributed by atoms with Gasteiger partial charge >= 0.3 is 6.18 Å². The van der Waals surface area contributed by atoms with Crippen LogP contribution < -0.4 is 9.47 Å². The third-order valence-electron chi connectivity index (χ3n) is 2.48. The summed E-state index contributed by atoms with van der Waals surface area (Å²) >= 11 is 0. The minimum absolute atomic E-state index is 0.0807. The van der Waals surface area contributed by atoms with Gasteiger partial charge in [0.15, 0.2) is 0 Å². The lowest BCUT2D eigenvalue weighted by molar-refractivity contribution is -0.182. The van der Waals surface area contributed by atoms with Crippen LogP contribution >= 0.6 is 0 Å². The molecule has 0 aromatic heterocycles. The quantitative estimate of drug-likeness (QED) is 0.774. The fourth-order valence-corrected chi connectivity index (χ4v) is 1.64. The summed E-state index contributed by atoms with van der Waals surface area (Å²) in [6, 6.07) is 5.91. The molecule has 0 N–H and O–H groups in total. The molecule has 0 saturated heterocycles. The molecule has 0 bridgehead atoms. The second-order valence-electron chi connectivity index (χ2n) is 3.65. The lowest BCUT2D eigenvalue weighted by atomic mass is 10.0. The Morgan fingerprint density at radius 2 is 2.11 bits per heavy atom. The van der Waals surface area contributed by atoms with Crippen molar-refractivity contribution in [2.45, 2.75) is 12.3 Å². The number of methoxy groups -OCH3 is 1. The monoisotopic (exact) mass is 255 g/mol. The molecule has 1 aromatic rings. The number of nitrogens with zero attached hydrogens (tertiary/aromatic N) is 1. The van der Waals surface area contributed by atoms with Gasteiger partial charge in [0.25, 0.3) is 0 Å². The summed E-state index contributed by atoms with van der Waals surface area (Å²) in [6.45, 7) is 0. The summed E-state index contributed by atoms with van der Waals surface area (Å²) in [5.41, 5.74) is -0.0744. The van der Waals surface area contributed by atoms with E-state index in [1.54, 1.807) is 0 Å². The van der Waals surface area contributed by atoms with E-state index in [-0.39, 0.29) is 5.75 Å². The maximum Gasteiger partial charge on any atom is 0.430 e. The van der Waals surface area contributed by atoms with Crippen molar-refractivity contribution in [1.29, 1.82) is 5.26 Å². The summed E-state index contributed by atoms with van der Waals surface area (Å²) in [5.74, 6) is 0.563. The van der Waals surface area contributed by atoms with Gasteiger partial charge in [0.2, 0.25) is 6.10 Å². The molecule has 1 atom stereocenters. The summed E-state index contributed by atoms with van der Waals surface area (Å²) in [7, 11) is 1.44. The largest absolute Gasteiger partial charge is 0.497 e. The highest BCUT2D eigenvalue weighted by atomic mass is 19.4. The predicted molar refractivity (Wildman–Crippen MR) is 57.1 cm³/mol. The highest BCUT2D eigenvalue weighted by molar-refractivity contribution is 5.67. The van der Waals surface area contributed by atoms with E-state index in [9.17, 15) is 13.2 Å². The molecule has 1 aliphatic heterocycles. The van der Waals surface area contributed by atoms with Crippen molar-refractivity contribution in [3.63, 3.8) is 0 Å². The molecule has 0 spiro atoms. The summed E-state index contributed by atoms with van der Waals surface area (Å²) in [5, 5.41) is 8.75. The van der Waals surface area contributed by atoms with Crippen molar-refractivity contribution < 1.29 is 22.6 Å². The Morgan fingerprint density at radius 3 is 2.67 bits per heavy atom. The fourth-order valence-electron chi connectivity index (χ4n) is 1.64. The molecular weight excluding hydrogens is 247 g/mol. The molecule has 3 nitrogen and oxygen atoms in total. The van der Waals surface area contributed by atoms with Crippen LogP contribution in [0.2, 0.25) is 0 Å². The first kappa shape index (κ1) is 12.3. The zero-order valence-corrected chi connectivity index (χ0v) is 9.28. The molecule has 1 aromatic carbocycles. The van der Waals surface area contributed by atoms with Gasteiger partial charge in [-0.05, 0) is 24.3 Å². The minimum Gasteiger partial charge on any atom is -0.497 e. The molecule has 94 valence electrons. The topological polar surface area (TPSA) is 42.2 Å². The van der Waals surface area contributed by atoms with Gasteiger partial charge in [0.05, 0.1) is 18.8 Å². The molecule has 6 heteroatoms. The van der Waals surface area contributed by atoms with E-state index in [2.05, 4.69) is 0 Å². The van der Waals surface area contributed by atoms with Crippen LogP contribution in [0.5, 0.6) is 11.5 Å². The number of alkyl halides is 3. The average molecular weight is 255 g/mol. The summed E-state index contributed by atoms with van der Waals surface area (Å²) < 4.78 is 47.8. The second-order valence-corrected chi connectivity index (χ2v) is 3.65. The molecule has 0 amide bonds. The number of ether oxygens (including phenoxy) is 2. The number of hydrogen-bond donors (Lipinski definition) is 0. The van der Waals surface area contributed by atoms with Crippen LogP contribution in [0.4, 0.5) is 13.2 Å². The van der Waals surface area contributed by atoms with Crippen LogP contribution in [0.15, 0.2) is 23.8 Å².